The van der Waals surface area contributed by atoms with Gasteiger partial charge in [-0.3, -0.25) is 0 Å². The van der Waals surface area contributed by atoms with Crippen LogP contribution >= 0.6 is 11.6 Å². The van der Waals surface area contributed by atoms with Crippen molar-refractivity contribution in [1.29, 1.82) is 0 Å². The van der Waals surface area contributed by atoms with E-state index in [2.05, 4.69) is 10.6 Å². The third-order valence-corrected chi connectivity index (χ3v) is 5.08. The van der Waals surface area contributed by atoms with Gasteiger partial charge in [-0.2, -0.15) is 0 Å². The first-order valence-electron chi connectivity index (χ1n) is 8.75. The van der Waals surface area contributed by atoms with Crippen LogP contribution in [0.4, 0.5) is 4.79 Å². The van der Waals surface area contributed by atoms with Gasteiger partial charge < -0.3 is 15.4 Å². The standard InChI is InChI=1S/C19H23ClN2O3/c1-12-16(18(23)25-11-13-6-3-2-4-7-13)17(22-19(24)21-12)14-8-5-9-15(20)10-14/h5,8-10,13,17H,2-4,6-7,11H2,1H3,(H2,21,22,24)/t17-/m0/s1. The summed E-state index contributed by atoms with van der Waals surface area (Å²) in [5.41, 5.74) is 1.70. The highest BCUT2D eigenvalue weighted by Gasteiger charge is 2.32. The van der Waals surface area contributed by atoms with Gasteiger partial charge in [-0.25, -0.2) is 9.59 Å². The Morgan fingerprint density at radius 1 is 1.28 bits per heavy atom. The highest BCUT2D eigenvalue weighted by Crippen LogP contribution is 2.30. The van der Waals surface area contributed by atoms with Crippen molar-refractivity contribution in [3.8, 4) is 0 Å². The molecule has 1 aliphatic carbocycles. The molecule has 2 N–H and O–H groups in total. The van der Waals surface area contributed by atoms with Crippen LogP contribution in [0.2, 0.25) is 5.02 Å². The molecule has 6 heteroatoms. The fraction of sp³-hybridized carbons (Fsp3) is 0.474. The van der Waals surface area contributed by atoms with Gasteiger partial charge in [0.1, 0.15) is 0 Å². The summed E-state index contributed by atoms with van der Waals surface area (Å²) >= 11 is 6.07. The largest absolute Gasteiger partial charge is 0.462 e. The van der Waals surface area contributed by atoms with Crippen molar-refractivity contribution in [1.82, 2.24) is 10.6 Å². The minimum absolute atomic E-state index is 0.341. The van der Waals surface area contributed by atoms with Crippen LogP contribution < -0.4 is 10.6 Å². The van der Waals surface area contributed by atoms with E-state index in [9.17, 15) is 9.59 Å². The van der Waals surface area contributed by atoms with Crippen LogP contribution in [0.5, 0.6) is 0 Å². The summed E-state index contributed by atoms with van der Waals surface area (Å²) in [6.45, 7) is 2.15. The van der Waals surface area contributed by atoms with E-state index in [1.54, 1.807) is 25.1 Å². The van der Waals surface area contributed by atoms with Crippen molar-refractivity contribution in [2.45, 2.75) is 45.1 Å². The second-order valence-electron chi connectivity index (χ2n) is 6.73. The van der Waals surface area contributed by atoms with Crippen molar-refractivity contribution < 1.29 is 14.3 Å². The van der Waals surface area contributed by atoms with Crippen LogP contribution in [-0.2, 0) is 9.53 Å². The van der Waals surface area contributed by atoms with E-state index >= 15 is 0 Å². The zero-order chi connectivity index (χ0) is 17.8. The molecule has 5 nitrogen and oxygen atoms in total. The summed E-state index contributed by atoms with van der Waals surface area (Å²) in [6.07, 6.45) is 5.89. The molecule has 0 spiro atoms. The number of urea groups is 1. The molecule has 1 aromatic rings. The lowest BCUT2D eigenvalue weighted by Crippen LogP contribution is -2.45. The van der Waals surface area contributed by atoms with Gasteiger partial charge in [0.2, 0.25) is 0 Å². The lowest BCUT2D eigenvalue weighted by molar-refractivity contribution is -0.141. The van der Waals surface area contributed by atoms with Gasteiger partial charge in [-0.05, 0) is 43.4 Å². The Labute approximate surface area is 152 Å². The van der Waals surface area contributed by atoms with Crippen LogP contribution in [0, 0.1) is 5.92 Å². The van der Waals surface area contributed by atoms with Crippen molar-refractivity contribution in [2.75, 3.05) is 6.61 Å². The van der Waals surface area contributed by atoms with Crippen molar-refractivity contribution >= 4 is 23.6 Å². The summed E-state index contributed by atoms with van der Waals surface area (Å²) in [4.78, 5) is 24.6. The molecular weight excluding hydrogens is 340 g/mol. The SMILES string of the molecule is CC1=C(C(=O)OCC2CCCCC2)[C@H](c2cccc(Cl)c2)NC(=O)N1. The fourth-order valence-corrected chi connectivity index (χ4v) is 3.72. The monoisotopic (exact) mass is 362 g/mol. The lowest BCUT2D eigenvalue weighted by Gasteiger charge is -2.29. The van der Waals surface area contributed by atoms with E-state index in [1.165, 1.54) is 19.3 Å². The quantitative estimate of drug-likeness (QED) is 0.792. The van der Waals surface area contributed by atoms with E-state index in [0.29, 0.717) is 28.8 Å². The molecule has 3 rings (SSSR count). The fourth-order valence-electron chi connectivity index (χ4n) is 3.53. The maximum atomic E-state index is 12.7. The van der Waals surface area contributed by atoms with E-state index in [1.807, 2.05) is 6.07 Å². The van der Waals surface area contributed by atoms with Crippen LogP contribution in [0.25, 0.3) is 0 Å². The van der Waals surface area contributed by atoms with Crippen molar-refractivity contribution in [2.24, 2.45) is 5.92 Å². The number of nitrogens with one attached hydrogen (secondary N) is 2. The Morgan fingerprint density at radius 2 is 2.04 bits per heavy atom. The predicted octanol–water partition coefficient (Wildman–Crippen LogP) is 4.09. The molecule has 0 bridgehead atoms. The number of halogens is 1. The molecule has 1 fully saturated rings. The normalized spacial score (nSPS) is 21.5. The number of rotatable bonds is 4. The van der Waals surface area contributed by atoms with Crippen LogP contribution in [0.1, 0.15) is 50.6 Å². The number of hydrogen-bond acceptors (Lipinski definition) is 3. The predicted molar refractivity (Wildman–Crippen MR) is 96.1 cm³/mol. The maximum Gasteiger partial charge on any atom is 0.338 e. The topological polar surface area (TPSA) is 67.4 Å². The third-order valence-electron chi connectivity index (χ3n) is 4.85. The minimum Gasteiger partial charge on any atom is -0.462 e. The summed E-state index contributed by atoms with van der Waals surface area (Å²) in [5, 5.41) is 6.00. The Hall–Kier alpha value is -2.01. The second kappa shape index (κ2) is 7.91. The molecule has 0 aromatic heterocycles. The Morgan fingerprint density at radius 3 is 2.76 bits per heavy atom. The maximum absolute atomic E-state index is 12.7. The van der Waals surface area contributed by atoms with Gasteiger partial charge in [0.25, 0.3) is 0 Å². The molecule has 0 radical (unpaired) electrons. The zero-order valence-corrected chi connectivity index (χ0v) is 15.1. The molecule has 1 saturated carbocycles. The van der Waals surface area contributed by atoms with Gasteiger partial charge >= 0.3 is 12.0 Å². The Bertz CT molecular complexity index is 696. The second-order valence-corrected chi connectivity index (χ2v) is 7.16. The van der Waals surface area contributed by atoms with Crippen LogP contribution in [0.15, 0.2) is 35.5 Å². The average Bonchev–Trinajstić information content (AvgIpc) is 2.60. The number of carbonyl (C=O) groups excluding carboxylic acids is 2. The number of ether oxygens (including phenoxy) is 1. The Kier molecular flexibility index (Phi) is 5.63. The molecule has 25 heavy (non-hydrogen) atoms. The van der Waals surface area contributed by atoms with Gasteiger partial charge in [-0.1, -0.05) is 43.0 Å². The first kappa shape index (κ1) is 17.8. The van der Waals surface area contributed by atoms with Gasteiger partial charge in [0.05, 0.1) is 18.2 Å². The number of benzene rings is 1. The number of carbonyl (C=O) groups is 2. The van der Waals surface area contributed by atoms with Crippen molar-refractivity contribution in [3.05, 3.63) is 46.1 Å². The zero-order valence-electron chi connectivity index (χ0n) is 14.3. The number of allylic oxidation sites excluding steroid dienone is 1. The molecule has 0 saturated heterocycles. The van der Waals surface area contributed by atoms with Crippen LogP contribution in [0.3, 0.4) is 0 Å². The summed E-state index contributed by atoms with van der Waals surface area (Å²) < 4.78 is 5.59. The molecule has 0 unspecified atom stereocenters. The molecule has 1 heterocycles. The van der Waals surface area contributed by atoms with Crippen molar-refractivity contribution in [3.63, 3.8) is 0 Å². The molecule has 1 atom stereocenters. The highest BCUT2D eigenvalue weighted by molar-refractivity contribution is 6.30. The summed E-state index contributed by atoms with van der Waals surface area (Å²) in [6, 6.07) is 6.24. The first-order chi connectivity index (χ1) is 12.0. The first-order valence-corrected chi connectivity index (χ1v) is 9.13. The number of amides is 2. The molecule has 134 valence electrons. The molecule has 1 aliphatic heterocycles. The smallest absolute Gasteiger partial charge is 0.338 e. The molecular formula is C19H23ClN2O3. The van der Waals surface area contributed by atoms with E-state index < -0.39 is 6.04 Å². The van der Waals surface area contributed by atoms with E-state index in [-0.39, 0.29) is 12.0 Å². The number of hydrogen-bond donors (Lipinski definition) is 2. The van der Waals surface area contributed by atoms with E-state index in [4.69, 9.17) is 16.3 Å². The summed E-state index contributed by atoms with van der Waals surface area (Å²) in [7, 11) is 0. The average molecular weight is 363 g/mol. The molecule has 1 aromatic carbocycles. The third kappa shape index (κ3) is 4.34. The van der Waals surface area contributed by atoms with E-state index in [0.717, 1.165) is 18.4 Å². The van der Waals surface area contributed by atoms with Gasteiger partial charge in [-0.15, -0.1) is 0 Å². The lowest BCUT2D eigenvalue weighted by atomic mass is 9.90. The molecule has 2 amide bonds. The Balaban J connectivity index is 1.78. The van der Waals surface area contributed by atoms with Gasteiger partial charge in [0.15, 0.2) is 0 Å². The van der Waals surface area contributed by atoms with Gasteiger partial charge in [0, 0.05) is 10.7 Å². The van der Waals surface area contributed by atoms with Crippen LogP contribution in [-0.4, -0.2) is 18.6 Å². The minimum atomic E-state index is -0.564. The molecule has 2 aliphatic rings. The number of esters is 1. The summed E-state index contributed by atoms with van der Waals surface area (Å²) in [5.74, 6) is 0.0508. The highest BCUT2D eigenvalue weighted by atomic mass is 35.5.